The standard InChI is InChI=1S/C21H29N3/c1-16(2)19-7-5-6-8-20(19)21-15-24(12-11-23(21)4)14-18-9-10-22-17(3)13-18/h5-10,13,16,21H,11-12,14-15H2,1-4H3. The van der Waals surface area contributed by atoms with Gasteiger partial charge in [-0.25, -0.2) is 0 Å². The molecule has 1 fully saturated rings. The third-order valence-corrected chi connectivity index (χ3v) is 5.08. The second-order valence-electron chi connectivity index (χ2n) is 7.32. The largest absolute Gasteiger partial charge is 0.297 e. The predicted octanol–water partition coefficient (Wildman–Crippen LogP) is 4.00. The number of benzene rings is 1. The van der Waals surface area contributed by atoms with Crippen LogP contribution in [0.4, 0.5) is 0 Å². The van der Waals surface area contributed by atoms with Crippen LogP contribution in [0, 0.1) is 6.92 Å². The molecule has 1 saturated heterocycles. The molecule has 24 heavy (non-hydrogen) atoms. The van der Waals surface area contributed by atoms with E-state index in [1.165, 1.54) is 16.7 Å². The Kier molecular flexibility index (Phi) is 5.32. The molecule has 1 aliphatic rings. The predicted molar refractivity (Wildman–Crippen MR) is 100 cm³/mol. The van der Waals surface area contributed by atoms with Gasteiger partial charge in [0.15, 0.2) is 0 Å². The molecule has 1 aliphatic heterocycles. The first-order chi connectivity index (χ1) is 11.5. The van der Waals surface area contributed by atoms with Crippen molar-refractivity contribution in [1.29, 1.82) is 0 Å². The van der Waals surface area contributed by atoms with E-state index >= 15 is 0 Å². The van der Waals surface area contributed by atoms with Gasteiger partial charge in [-0.2, -0.15) is 0 Å². The summed E-state index contributed by atoms with van der Waals surface area (Å²) < 4.78 is 0. The molecule has 2 heterocycles. The zero-order valence-electron chi connectivity index (χ0n) is 15.4. The highest BCUT2D eigenvalue weighted by Crippen LogP contribution is 2.31. The molecule has 3 heteroatoms. The molecule has 1 unspecified atom stereocenters. The van der Waals surface area contributed by atoms with Crippen molar-refractivity contribution in [3.05, 3.63) is 65.0 Å². The van der Waals surface area contributed by atoms with Gasteiger partial charge >= 0.3 is 0 Å². The van der Waals surface area contributed by atoms with Crippen LogP contribution in [0.3, 0.4) is 0 Å². The number of likely N-dealkylation sites (N-methyl/N-ethyl adjacent to an activating group) is 1. The van der Waals surface area contributed by atoms with Crippen LogP contribution in [0.2, 0.25) is 0 Å². The first-order valence-corrected chi connectivity index (χ1v) is 8.97. The first-order valence-electron chi connectivity index (χ1n) is 8.97. The number of piperazine rings is 1. The molecule has 3 rings (SSSR count). The summed E-state index contributed by atoms with van der Waals surface area (Å²) in [6, 6.07) is 13.8. The van der Waals surface area contributed by atoms with E-state index in [9.17, 15) is 0 Å². The van der Waals surface area contributed by atoms with Crippen LogP contribution in [0.1, 0.15) is 48.2 Å². The van der Waals surface area contributed by atoms with E-state index in [1.807, 2.05) is 6.20 Å². The Balaban J connectivity index is 1.79. The lowest BCUT2D eigenvalue weighted by atomic mass is 9.91. The molecule has 1 atom stereocenters. The van der Waals surface area contributed by atoms with Crippen LogP contribution in [0.25, 0.3) is 0 Å². The number of rotatable bonds is 4. The average Bonchev–Trinajstić information content (AvgIpc) is 2.56. The molecule has 1 aromatic carbocycles. The monoisotopic (exact) mass is 323 g/mol. The topological polar surface area (TPSA) is 19.4 Å². The first kappa shape index (κ1) is 17.1. The minimum Gasteiger partial charge on any atom is -0.297 e. The lowest BCUT2D eigenvalue weighted by Gasteiger charge is -2.40. The maximum Gasteiger partial charge on any atom is 0.0475 e. The van der Waals surface area contributed by atoms with E-state index < -0.39 is 0 Å². The van der Waals surface area contributed by atoms with Crippen molar-refractivity contribution in [2.75, 3.05) is 26.7 Å². The minimum atomic E-state index is 0.472. The maximum atomic E-state index is 4.31. The average molecular weight is 323 g/mol. The van der Waals surface area contributed by atoms with Crippen molar-refractivity contribution in [2.24, 2.45) is 0 Å². The van der Waals surface area contributed by atoms with Crippen LogP contribution in [0.15, 0.2) is 42.6 Å². The molecular weight excluding hydrogens is 294 g/mol. The zero-order valence-corrected chi connectivity index (χ0v) is 15.4. The number of pyridine rings is 1. The van der Waals surface area contributed by atoms with Crippen molar-refractivity contribution < 1.29 is 0 Å². The maximum absolute atomic E-state index is 4.31. The summed E-state index contributed by atoms with van der Waals surface area (Å²) in [4.78, 5) is 9.40. The van der Waals surface area contributed by atoms with Gasteiger partial charge in [-0.3, -0.25) is 14.8 Å². The number of aryl methyl sites for hydroxylation is 1. The van der Waals surface area contributed by atoms with Crippen LogP contribution >= 0.6 is 0 Å². The quantitative estimate of drug-likeness (QED) is 0.848. The van der Waals surface area contributed by atoms with Crippen molar-refractivity contribution in [2.45, 2.75) is 39.3 Å². The van der Waals surface area contributed by atoms with Gasteiger partial charge in [-0.1, -0.05) is 38.1 Å². The van der Waals surface area contributed by atoms with Gasteiger partial charge in [0, 0.05) is 44.1 Å². The van der Waals surface area contributed by atoms with Gasteiger partial charge in [-0.05, 0) is 48.7 Å². The summed E-state index contributed by atoms with van der Waals surface area (Å²) in [5, 5.41) is 0. The van der Waals surface area contributed by atoms with E-state index in [0.29, 0.717) is 12.0 Å². The highest BCUT2D eigenvalue weighted by atomic mass is 15.3. The number of nitrogens with zero attached hydrogens (tertiary/aromatic N) is 3. The van der Waals surface area contributed by atoms with Crippen LogP contribution in [0.5, 0.6) is 0 Å². The molecule has 0 N–H and O–H groups in total. The lowest BCUT2D eigenvalue weighted by molar-refractivity contribution is 0.0899. The molecule has 3 nitrogen and oxygen atoms in total. The third kappa shape index (κ3) is 3.85. The molecule has 0 bridgehead atoms. The van der Waals surface area contributed by atoms with Crippen LogP contribution < -0.4 is 0 Å². The lowest BCUT2D eigenvalue weighted by Crippen LogP contribution is -2.46. The van der Waals surface area contributed by atoms with Crippen molar-refractivity contribution in [3.63, 3.8) is 0 Å². The second kappa shape index (κ2) is 7.45. The molecule has 0 saturated carbocycles. The minimum absolute atomic E-state index is 0.472. The highest BCUT2D eigenvalue weighted by Gasteiger charge is 2.27. The smallest absolute Gasteiger partial charge is 0.0475 e. The number of hydrogen-bond donors (Lipinski definition) is 0. The Hall–Kier alpha value is -1.71. The molecule has 128 valence electrons. The summed E-state index contributed by atoms with van der Waals surface area (Å²) in [5.41, 5.74) is 5.44. The van der Waals surface area contributed by atoms with E-state index in [4.69, 9.17) is 0 Å². The number of hydrogen-bond acceptors (Lipinski definition) is 3. The Bertz CT molecular complexity index is 680. The summed E-state index contributed by atoms with van der Waals surface area (Å²) in [6.07, 6.45) is 1.92. The molecule has 0 aliphatic carbocycles. The van der Waals surface area contributed by atoms with Crippen LogP contribution in [-0.4, -0.2) is 41.5 Å². The molecule has 0 amide bonds. The molecule has 1 aromatic heterocycles. The molecular formula is C21H29N3. The van der Waals surface area contributed by atoms with Crippen molar-refractivity contribution in [3.8, 4) is 0 Å². The van der Waals surface area contributed by atoms with Gasteiger partial charge in [-0.15, -0.1) is 0 Å². The fraction of sp³-hybridized carbons (Fsp3) is 0.476. The summed E-state index contributed by atoms with van der Waals surface area (Å²) in [5.74, 6) is 0.563. The summed E-state index contributed by atoms with van der Waals surface area (Å²) >= 11 is 0. The Morgan fingerprint density at radius 1 is 1.17 bits per heavy atom. The van der Waals surface area contributed by atoms with Crippen molar-refractivity contribution in [1.82, 2.24) is 14.8 Å². The van der Waals surface area contributed by atoms with E-state index in [2.05, 4.69) is 79.0 Å². The van der Waals surface area contributed by atoms with Gasteiger partial charge in [0.05, 0.1) is 0 Å². The van der Waals surface area contributed by atoms with E-state index in [1.54, 1.807) is 0 Å². The Labute approximate surface area is 146 Å². The molecule has 0 spiro atoms. The SMILES string of the molecule is Cc1cc(CN2CCN(C)C(c3ccccc3C(C)C)C2)ccn1. The van der Waals surface area contributed by atoms with E-state index in [0.717, 1.165) is 31.9 Å². The van der Waals surface area contributed by atoms with Gasteiger partial charge in [0.2, 0.25) is 0 Å². The zero-order chi connectivity index (χ0) is 17.1. The fourth-order valence-corrected chi connectivity index (χ4v) is 3.71. The molecule has 0 radical (unpaired) electrons. The van der Waals surface area contributed by atoms with Crippen LogP contribution in [-0.2, 0) is 6.54 Å². The Morgan fingerprint density at radius 2 is 1.96 bits per heavy atom. The fourth-order valence-electron chi connectivity index (χ4n) is 3.71. The Morgan fingerprint density at radius 3 is 2.71 bits per heavy atom. The number of aromatic nitrogens is 1. The van der Waals surface area contributed by atoms with Gasteiger partial charge in [0.25, 0.3) is 0 Å². The third-order valence-electron chi connectivity index (χ3n) is 5.08. The van der Waals surface area contributed by atoms with Gasteiger partial charge < -0.3 is 0 Å². The summed E-state index contributed by atoms with van der Waals surface area (Å²) in [7, 11) is 2.26. The highest BCUT2D eigenvalue weighted by molar-refractivity contribution is 5.33. The second-order valence-corrected chi connectivity index (χ2v) is 7.32. The van der Waals surface area contributed by atoms with Crippen molar-refractivity contribution >= 4 is 0 Å². The molecule has 2 aromatic rings. The normalized spacial score (nSPS) is 19.8. The van der Waals surface area contributed by atoms with Gasteiger partial charge in [0.1, 0.15) is 0 Å². The summed E-state index contributed by atoms with van der Waals surface area (Å²) in [6.45, 7) is 11.0. The van der Waals surface area contributed by atoms with E-state index in [-0.39, 0.29) is 0 Å².